The van der Waals surface area contributed by atoms with Gasteiger partial charge in [0.05, 0.1) is 10.6 Å². The largest absolute Gasteiger partial charge is 0.366 e. The van der Waals surface area contributed by atoms with Crippen LogP contribution in [-0.4, -0.2) is 33.1 Å². The lowest BCUT2D eigenvalue weighted by Crippen LogP contribution is -2.35. The topological polar surface area (TPSA) is 37.4 Å². The van der Waals surface area contributed by atoms with Gasteiger partial charge in [-0.25, -0.2) is 8.42 Å². The highest BCUT2D eigenvalue weighted by Crippen LogP contribution is 2.32. The Morgan fingerprint density at radius 3 is 2.47 bits per heavy atom. The summed E-state index contributed by atoms with van der Waals surface area (Å²) in [7, 11) is -3.21. The molecular weight excluding hydrogens is 282 g/mol. The minimum Gasteiger partial charge on any atom is -0.366 e. The van der Waals surface area contributed by atoms with Gasteiger partial charge in [-0.3, -0.25) is 0 Å². The van der Waals surface area contributed by atoms with E-state index in [0.717, 1.165) is 18.5 Å². The summed E-state index contributed by atoms with van der Waals surface area (Å²) in [6.07, 6.45) is 5.93. The highest BCUT2D eigenvalue weighted by atomic mass is 35.5. The molecule has 0 heterocycles. The number of sulfone groups is 1. The second-order valence-corrected chi connectivity index (χ2v) is 7.42. The van der Waals surface area contributed by atoms with E-state index >= 15 is 0 Å². The van der Waals surface area contributed by atoms with Crippen LogP contribution in [0.15, 0.2) is 29.2 Å². The fraction of sp³-hybridized carbons (Fsp3) is 0.571. The Kier molecular flexibility index (Phi) is 4.74. The van der Waals surface area contributed by atoms with Crippen LogP contribution in [0, 0.1) is 0 Å². The molecule has 0 aliphatic heterocycles. The molecule has 0 atom stereocenters. The summed E-state index contributed by atoms with van der Waals surface area (Å²) in [5, 5.41) is 0. The summed E-state index contributed by atoms with van der Waals surface area (Å²) in [6, 6.07) is 7.65. The van der Waals surface area contributed by atoms with Gasteiger partial charge in [-0.1, -0.05) is 25.0 Å². The van der Waals surface area contributed by atoms with Gasteiger partial charge in [-0.15, -0.1) is 11.6 Å². The van der Waals surface area contributed by atoms with E-state index in [0.29, 0.717) is 23.4 Å². The molecule has 3 nitrogen and oxygen atoms in total. The fourth-order valence-electron chi connectivity index (χ4n) is 2.81. The number of hydrogen-bond acceptors (Lipinski definition) is 3. The van der Waals surface area contributed by atoms with E-state index in [2.05, 4.69) is 4.90 Å². The first kappa shape index (κ1) is 14.7. The average molecular weight is 302 g/mol. The minimum atomic E-state index is -3.21. The molecule has 19 heavy (non-hydrogen) atoms. The predicted molar refractivity (Wildman–Crippen MR) is 79.9 cm³/mol. The van der Waals surface area contributed by atoms with Gasteiger partial charge in [0.15, 0.2) is 9.84 Å². The Morgan fingerprint density at radius 1 is 1.26 bits per heavy atom. The molecule has 0 amide bonds. The number of alkyl halides is 1. The van der Waals surface area contributed by atoms with Gasteiger partial charge in [-0.2, -0.15) is 0 Å². The quantitative estimate of drug-likeness (QED) is 0.784. The zero-order valence-electron chi connectivity index (χ0n) is 11.2. The molecule has 1 aliphatic carbocycles. The number of anilines is 1. The third-order valence-corrected chi connectivity index (χ3v) is 4.98. The molecule has 0 unspecified atom stereocenters. The van der Waals surface area contributed by atoms with Crippen molar-refractivity contribution >= 4 is 27.1 Å². The van der Waals surface area contributed by atoms with Crippen LogP contribution in [0.2, 0.25) is 0 Å². The summed E-state index contributed by atoms with van der Waals surface area (Å²) < 4.78 is 23.8. The van der Waals surface area contributed by atoms with E-state index in [1.165, 1.54) is 19.1 Å². The first-order valence-electron chi connectivity index (χ1n) is 6.65. The second-order valence-electron chi connectivity index (χ2n) is 5.06. The Bertz CT molecular complexity index is 524. The van der Waals surface area contributed by atoms with Crippen molar-refractivity contribution in [2.24, 2.45) is 0 Å². The highest BCUT2D eigenvalue weighted by molar-refractivity contribution is 7.90. The van der Waals surface area contributed by atoms with Crippen LogP contribution in [0.4, 0.5) is 5.69 Å². The number of para-hydroxylation sites is 1. The second kappa shape index (κ2) is 6.14. The summed E-state index contributed by atoms with van der Waals surface area (Å²) in [4.78, 5) is 2.59. The van der Waals surface area contributed by atoms with Crippen LogP contribution in [0.5, 0.6) is 0 Å². The van der Waals surface area contributed by atoms with E-state index in [4.69, 9.17) is 11.6 Å². The van der Waals surface area contributed by atoms with E-state index in [-0.39, 0.29) is 0 Å². The third kappa shape index (κ3) is 3.42. The number of halogens is 1. The van der Waals surface area contributed by atoms with Crippen LogP contribution in [0.25, 0.3) is 0 Å². The molecule has 106 valence electrons. The van der Waals surface area contributed by atoms with E-state index in [9.17, 15) is 8.42 Å². The maximum atomic E-state index is 11.9. The number of benzene rings is 1. The molecule has 0 saturated heterocycles. The molecule has 0 bridgehead atoms. The maximum absolute atomic E-state index is 11.9. The van der Waals surface area contributed by atoms with Crippen molar-refractivity contribution in [3.63, 3.8) is 0 Å². The van der Waals surface area contributed by atoms with Crippen molar-refractivity contribution in [1.29, 1.82) is 0 Å². The average Bonchev–Trinajstić information content (AvgIpc) is 2.88. The lowest BCUT2D eigenvalue weighted by atomic mass is 10.1. The molecular formula is C14H20ClNO2S. The SMILES string of the molecule is CS(=O)(=O)c1ccccc1N(CCCl)C1CCCC1. The molecule has 0 aromatic heterocycles. The molecule has 1 fully saturated rings. The van der Waals surface area contributed by atoms with Gasteiger partial charge >= 0.3 is 0 Å². The molecule has 0 radical (unpaired) electrons. The third-order valence-electron chi connectivity index (χ3n) is 3.67. The van der Waals surface area contributed by atoms with Crippen LogP contribution < -0.4 is 4.90 Å². The molecule has 1 saturated carbocycles. The van der Waals surface area contributed by atoms with E-state index < -0.39 is 9.84 Å². The van der Waals surface area contributed by atoms with Crippen molar-refractivity contribution in [3.8, 4) is 0 Å². The highest BCUT2D eigenvalue weighted by Gasteiger charge is 2.26. The molecule has 5 heteroatoms. The Morgan fingerprint density at radius 2 is 1.89 bits per heavy atom. The monoisotopic (exact) mass is 301 g/mol. The first-order valence-corrected chi connectivity index (χ1v) is 9.08. The van der Waals surface area contributed by atoms with Gasteiger partial charge in [-0.05, 0) is 25.0 Å². The first-order chi connectivity index (χ1) is 9.04. The lowest BCUT2D eigenvalue weighted by molar-refractivity contribution is 0.595. The zero-order valence-corrected chi connectivity index (χ0v) is 12.8. The number of nitrogens with zero attached hydrogens (tertiary/aromatic N) is 1. The van der Waals surface area contributed by atoms with Crippen LogP contribution in [-0.2, 0) is 9.84 Å². The Labute approximate surface area is 120 Å². The smallest absolute Gasteiger partial charge is 0.177 e. The Hall–Kier alpha value is -0.740. The summed E-state index contributed by atoms with van der Waals surface area (Å²) in [5.41, 5.74) is 0.803. The van der Waals surface area contributed by atoms with Gasteiger partial charge in [0.2, 0.25) is 0 Å². The molecule has 0 N–H and O–H groups in total. The van der Waals surface area contributed by atoms with Gasteiger partial charge in [0.25, 0.3) is 0 Å². The molecule has 2 rings (SSSR count). The van der Waals surface area contributed by atoms with Gasteiger partial charge in [0.1, 0.15) is 0 Å². The summed E-state index contributed by atoms with van der Waals surface area (Å²) in [6.45, 7) is 0.693. The van der Waals surface area contributed by atoms with Crippen molar-refractivity contribution in [1.82, 2.24) is 0 Å². The standard InChI is InChI=1S/C14H20ClNO2S/c1-19(17,18)14-9-5-4-8-13(14)16(11-10-15)12-6-2-3-7-12/h4-5,8-9,12H,2-3,6-7,10-11H2,1H3. The number of hydrogen-bond donors (Lipinski definition) is 0. The molecule has 1 aliphatic rings. The van der Waals surface area contributed by atoms with Crippen LogP contribution in [0.3, 0.4) is 0 Å². The fourth-order valence-corrected chi connectivity index (χ4v) is 3.89. The van der Waals surface area contributed by atoms with Crippen molar-refractivity contribution < 1.29 is 8.42 Å². The molecule has 1 aromatic rings. The predicted octanol–water partition coefficient (Wildman–Crippen LogP) is 3.08. The van der Waals surface area contributed by atoms with Gasteiger partial charge in [0, 0.05) is 24.7 Å². The van der Waals surface area contributed by atoms with Crippen LogP contribution >= 0.6 is 11.6 Å². The maximum Gasteiger partial charge on any atom is 0.177 e. The number of rotatable bonds is 5. The van der Waals surface area contributed by atoms with Crippen LogP contribution in [0.1, 0.15) is 25.7 Å². The minimum absolute atomic E-state index is 0.409. The lowest BCUT2D eigenvalue weighted by Gasteiger charge is -2.31. The summed E-state index contributed by atoms with van der Waals surface area (Å²) in [5.74, 6) is 0.509. The Balaban J connectivity index is 2.41. The van der Waals surface area contributed by atoms with Crippen molar-refractivity contribution in [3.05, 3.63) is 24.3 Å². The zero-order chi connectivity index (χ0) is 13.9. The molecule has 0 spiro atoms. The van der Waals surface area contributed by atoms with Crippen molar-refractivity contribution in [2.45, 2.75) is 36.6 Å². The van der Waals surface area contributed by atoms with E-state index in [1.54, 1.807) is 12.1 Å². The molecule has 1 aromatic carbocycles. The van der Waals surface area contributed by atoms with Gasteiger partial charge < -0.3 is 4.90 Å². The van der Waals surface area contributed by atoms with E-state index in [1.807, 2.05) is 12.1 Å². The summed E-state index contributed by atoms with van der Waals surface area (Å²) >= 11 is 5.90. The van der Waals surface area contributed by atoms with Crippen molar-refractivity contribution in [2.75, 3.05) is 23.6 Å². The normalized spacial score (nSPS) is 16.7.